The van der Waals surface area contributed by atoms with E-state index in [0.717, 1.165) is 7.25 Å². The van der Waals surface area contributed by atoms with E-state index < -0.39 is 19.4 Å². The minimum atomic E-state index is -2.43. The summed E-state index contributed by atoms with van der Waals surface area (Å²) in [4.78, 5) is 0. The van der Waals surface area contributed by atoms with Crippen LogP contribution in [0, 0.1) is 0 Å². The summed E-state index contributed by atoms with van der Waals surface area (Å²) in [6, 6.07) is 18.4. The van der Waals surface area contributed by atoms with Gasteiger partial charge in [0.2, 0.25) is 0 Å². The number of fused-ring (bicyclic) bond motifs is 2. The van der Waals surface area contributed by atoms with Gasteiger partial charge in [0, 0.05) is 0 Å². The van der Waals surface area contributed by atoms with Gasteiger partial charge < -0.3 is 0 Å². The van der Waals surface area contributed by atoms with E-state index in [4.69, 9.17) is 0 Å². The fourth-order valence-corrected chi connectivity index (χ4v) is 25.5. The van der Waals surface area contributed by atoms with Crippen molar-refractivity contribution in [2.45, 2.75) is 58.8 Å². The Bertz CT molecular complexity index is 830. The number of allylic oxidation sites excluding steroid dienone is 2. The SMILES string of the molecule is CCC.CCC1=Cc2ccccc2[CH]1[Zr]([CH3])([SiH3])[CH]1C(CC)=Cc2ccccc21.Cl.Cl. The van der Waals surface area contributed by atoms with E-state index >= 15 is 0 Å². The molecule has 2 aliphatic carbocycles. The van der Waals surface area contributed by atoms with Gasteiger partial charge in [-0.25, -0.2) is 0 Å². The van der Waals surface area contributed by atoms with Gasteiger partial charge in [-0.15, -0.1) is 24.8 Å². The van der Waals surface area contributed by atoms with Crippen molar-refractivity contribution in [3.63, 3.8) is 0 Å². The van der Waals surface area contributed by atoms with Crippen molar-refractivity contribution in [2.24, 2.45) is 0 Å². The van der Waals surface area contributed by atoms with E-state index in [1.165, 1.54) is 37.8 Å². The second kappa shape index (κ2) is 12.0. The van der Waals surface area contributed by atoms with Crippen LogP contribution in [0.2, 0.25) is 4.63 Å². The van der Waals surface area contributed by atoms with Crippen LogP contribution in [0.1, 0.15) is 76.5 Å². The molecule has 164 valence electrons. The minimum Gasteiger partial charge on any atom is -0.147 e. The summed E-state index contributed by atoms with van der Waals surface area (Å²) < 4.78 is 4.30. The Morgan fingerprint density at radius 3 is 1.37 bits per heavy atom. The van der Waals surface area contributed by atoms with Crippen LogP contribution in [0.3, 0.4) is 0 Å². The zero-order chi connectivity index (χ0) is 20.3. The molecule has 0 aromatic heterocycles. The molecule has 0 N–H and O–H groups in total. The van der Waals surface area contributed by atoms with E-state index in [-0.39, 0.29) is 24.8 Å². The first kappa shape index (κ1) is 27.6. The Kier molecular flexibility index (Phi) is 11.1. The molecule has 0 fully saturated rings. The molecule has 0 aliphatic heterocycles. The third-order valence-corrected chi connectivity index (χ3v) is 23.8. The molecule has 0 bridgehead atoms. The average Bonchev–Trinajstić information content (AvgIpc) is 3.27. The maximum Gasteiger partial charge on any atom is -0.147 e. The second-order valence-electron chi connectivity index (χ2n) is 8.80. The number of rotatable bonds is 4. The molecule has 2 aliphatic rings. The minimum absolute atomic E-state index is 0. The van der Waals surface area contributed by atoms with Crippen LogP contribution in [-0.4, -0.2) is 7.37 Å². The van der Waals surface area contributed by atoms with Crippen LogP contribution in [0.25, 0.3) is 12.2 Å². The van der Waals surface area contributed by atoms with Gasteiger partial charge in [0.05, 0.1) is 0 Å². The van der Waals surface area contributed by atoms with Crippen LogP contribution < -0.4 is 0 Å². The molecule has 0 saturated heterocycles. The first-order chi connectivity index (χ1) is 13.5. The summed E-state index contributed by atoms with van der Waals surface area (Å²) >= 11 is -2.43. The maximum atomic E-state index is 2.76. The maximum absolute atomic E-state index is 2.76. The Hall–Kier alpha value is -0.400. The molecule has 4 rings (SSSR count). The monoisotopic (exact) mass is 538 g/mol. The van der Waals surface area contributed by atoms with Gasteiger partial charge in [0.1, 0.15) is 0 Å². The summed E-state index contributed by atoms with van der Waals surface area (Å²) in [7, 11) is 1.38. The molecule has 2 atom stereocenters. The molecule has 4 heteroatoms. The molecule has 0 radical (unpaired) electrons. The van der Waals surface area contributed by atoms with E-state index in [9.17, 15) is 0 Å². The molecule has 0 nitrogen and oxygen atoms in total. The topological polar surface area (TPSA) is 0 Å². The first-order valence-corrected chi connectivity index (χ1v) is 24.7. The predicted molar refractivity (Wildman–Crippen MR) is 141 cm³/mol. The van der Waals surface area contributed by atoms with Crippen LogP contribution in [0.5, 0.6) is 0 Å². The summed E-state index contributed by atoms with van der Waals surface area (Å²) in [5, 5.41) is 0. The Morgan fingerprint density at radius 1 is 0.700 bits per heavy atom. The second-order valence-corrected chi connectivity index (χ2v) is 33.3. The van der Waals surface area contributed by atoms with E-state index in [2.05, 4.69) is 93.0 Å². The first-order valence-electron chi connectivity index (χ1n) is 11.1. The Morgan fingerprint density at radius 2 is 1.03 bits per heavy atom. The van der Waals surface area contributed by atoms with Crippen molar-refractivity contribution in [3.8, 4) is 0 Å². The number of benzene rings is 2. The van der Waals surface area contributed by atoms with Gasteiger partial charge in [0.25, 0.3) is 0 Å². The quantitative estimate of drug-likeness (QED) is 0.347. The van der Waals surface area contributed by atoms with Gasteiger partial charge in [-0.3, -0.25) is 0 Å². The van der Waals surface area contributed by atoms with Crippen LogP contribution in [0.15, 0.2) is 59.7 Å². The van der Waals surface area contributed by atoms with Gasteiger partial charge >= 0.3 is 159 Å². The van der Waals surface area contributed by atoms with Crippen molar-refractivity contribution in [2.75, 3.05) is 0 Å². The largest absolute Gasteiger partial charge is 0.147 e. The average molecular weight is 541 g/mol. The summed E-state index contributed by atoms with van der Waals surface area (Å²) in [5.74, 6) is 0. The summed E-state index contributed by atoms with van der Waals surface area (Å²) in [6.45, 7) is 8.96. The standard InChI is InChI=1S/2C11H11.C3H8.CH3.2ClH.H3Si.Zr/c2*1-2-9-7-10-5-3-4-6-11(10)8-9;1-3-2;;;;;/h2*3-8H,2H2,1H3;3H2,1-2H3;1H3;2*1H;1H3;. The van der Waals surface area contributed by atoms with E-state index in [1.807, 2.05) is 0 Å². The zero-order valence-electron chi connectivity index (χ0n) is 19.4. The fourth-order valence-electron chi connectivity index (χ4n) is 5.31. The fraction of sp³-hybridized carbons (Fsp3) is 0.385. The normalized spacial score (nSPS) is 20.3. The van der Waals surface area contributed by atoms with Crippen molar-refractivity contribution >= 4 is 44.3 Å². The van der Waals surface area contributed by atoms with E-state index in [1.54, 1.807) is 22.3 Å². The molecule has 0 heterocycles. The van der Waals surface area contributed by atoms with Gasteiger partial charge in [0.15, 0.2) is 0 Å². The van der Waals surface area contributed by atoms with Crippen molar-refractivity contribution in [1.29, 1.82) is 0 Å². The molecular weight excluding hydrogens is 503 g/mol. The van der Waals surface area contributed by atoms with Gasteiger partial charge in [-0.1, -0.05) is 20.3 Å². The summed E-state index contributed by atoms with van der Waals surface area (Å²) in [5.41, 5.74) is 9.72. The number of hydrogen-bond donors (Lipinski definition) is 0. The van der Waals surface area contributed by atoms with Crippen molar-refractivity contribution in [1.82, 2.24) is 0 Å². The number of halogens is 2. The molecule has 0 saturated carbocycles. The van der Waals surface area contributed by atoms with Crippen LogP contribution >= 0.6 is 24.8 Å². The Labute approximate surface area is 203 Å². The number of hydrogen-bond acceptors (Lipinski definition) is 0. The molecule has 2 unspecified atom stereocenters. The van der Waals surface area contributed by atoms with Crippen molar-refractivity contribution < 1.29 is 19.4 Å². The van der Waals surface area contributed by atoms with Gasteiger partial charge in [-0.05, 0) is 0 Å². The van der Waals surface area contributed by atoms with Crippen molar-refractivity contribution in [3.05, 3.63) is 81.9 Å². The predicted octanol–water partition coefficient (Wildman–Crippen LogP) is 7.83. The van der Waals surface area contributed by atoms with E-state index in [0.29, 0.717) is 0 Å². The molecule has 0 spiro atoms. The molecule has 30 heavy (non-hydrogen) atoms. The third kappa shape index (κ3) is 5.15. The smallest absolute Gasteiger partial charge is 0.147 e. The third-order valence-electron chi connectivity index (χ3n) is 6.34. The van der Waals surface area contributed by atoms with Crippen LogP contribution in [0.4, 0.5) is 0 Å². The molecule has 2 aromatic rings. The van der Waals surface area contributed by atoms with Gasteiger partial charge in [-0.2, -0.15) is 0 Å². The zero-order valence-corrected chi connectivity index (χ0v) is 25.5. The Balaban J connectivity index is 0.000000851. The van der Waals surface area contributed by atoms with Crippen LogP contribution in [-0.2, 0) is 19.4 Å². The molecule has 0 amide bonds. The molecule has 2 aromatic carbocycles. The molecular formula is C26H38Cl2SiZr. The summed E-state index contributed by atoms with van der Waals surface area (Å²) in [6.07, 6.45) is 8.69.